The Labute approximate surface area is 194 Å². The molecule has 2 heterocycles. The molecule has 2 aromatic carbocycles. The number of nitrogens with zero attached hydrogens (tertiary/aromatic N) is 3. The SMILES string of the molecule is O=C(/C=C\c1ccc([N+](=O)[O-])cc1)Nc1c2c(nn1CC(=O)NCc1ccccc1)CSC2. The van der Waals surface area contributed by atoms with Gasteiger partial charge in [-0.05, 0) is 29.3 Å². The fraction of sp³-hybridized carbons (Fsp3) is 0.174. The Balaban J connectivity index is 1.42. The summed E-state index contributed by atoms with van der Waals surface area (Å²) in [7, 11) is 0. The van der Waals surface area contributed by atoms with Gasteiger partial charge in [-0.1, -0.05) is 30.3 Å². The van der Waals surface area contributed by atoms with Crippen molar-refractivity contribution < 1.29 is 14.5 Å². The lowest BCUT2D eigenvalue weighted by Gasteiger charge is -2.10. The topological polar surface area (TPSA) is 119 Å². The lowest BCUT2D eigenvalue weighted by molar-refractivity contribution is -0.384. The van der Waals surface area contributed by atoms with Gasteiger partial charge in [-0.25, -0.2) is 4.68 Å². The van der Waals surface area contributed by atoms with Crippen molar-refractivity contribution in [3.63, 3.8) is 0 Å². The molecule has 0 aliphatic carbocycles. The van der Waals surface area contributed by atoms with Crippen LogP contribution in [-0.4, -0.2) is 26.5 Å². The van der Waals surface area contributed by atoms with Gasteiger partial charge >= 0.3 is 0 Å². The predicted octanol–water partition coefficient (Wildman–Crippen LogP) is 3.51. The van der Waals surface area contributed by atoms with E-state index in [9.17, 15) is 19.7 Å². The number of amides is 2. The minimum absolute atomic E-state index is 0.00776. The maximum atomic E-state index is 12.6. The van der Waals surface area contributed by atoms with Gasteiger partial charge in [0.25, 0.3) is 5.69 Å². The maximum absolute atomic E-state index is 12.6. The molecule has 2 N–H and O–H groups in total. The number of non-ortho nitro benzene ring substituents is 1. The summed E-state index contributed by atoms with van der Waals surface area (Å²) in [4.78, 5) is 35.3. The number of fused-ring (bicyclic) bond motifs is 1. The van der Waals surface area contributed by atoms with Gasteiger partial charge in [-0.15, -0.1) is 0 Å². The molecule has 0 atom stereocenters. The smallest absolute Gasteiger partial charge is 0.269 e. The van der Waals surface area contributed by atoms with Crippen molar-refractivity contribution >= 4 is 41.2 Å². The first kappa shape index (κ1) is 22.3. The number of nitrogens with one attached hydrogen (secondary N) is 2. The van der Waals surface area contributed by atoms with Crippen LogP contribution in [0.1, 0.15) is 22.4 Å². The molecule has 3 aromatic rings. The van der Waals surface area contributed by atoms with Crippen LogP contribution in [0.3, 0.4) is 0 Å². The van der Waals surface area contributed by atoms with Crippen molar-refractivity contribution in [2.75, 3.05) is 5.32 Å². The molecule has 0 saturated carbocycles. The predicted molar refractivity (Wildman–Crippen MR) is 126 cm³/mol. The van der Waals surface area contributed by atoms with Gasteiger partial charge in [0.1, 0.15) is 12.4 Å². The summed E-state index contributed by atoms with van der Waals surface area (Å²) < 4.78 is 1.53. The molecule has 10 heteroatoms. The van der Waals surface area contributed by atoms with E-state index in [0.29, 0.717) is 23.7 Å². The number of rotatable bonds is 8. The van der Waals surface area contributed by atoms with Crippen molar-refractivity contribution in [3.8, 4) is 0 Å². The molecular weight excluding hydrogens is 442 g/mol. The first-order valence-corrected chi connectivity index (χ1v) is 11.4. The van der Waals surface area contributed by atoms with E-state index in [0.717, 1.165) is 22.6 Å². The van der Waals surface area contributed by atoms with E-state index in [1.165, 1.54) is 22.9 Å². The van der Waals surface area contributed by atoms with Gasteiger partial charge in [0.05, 0.1) is 10.6 Å². The lowest BCUT2D eigenvalue weighted by Crippen LogP contribution is -2.28. The molecule has 1 aliphatic heterocycles. The van der Waals surface area contributed by atoms with E-state index in [-0.39, 0.29) is 24.0 Å². The fourth-order valence-corrected chi connectivity index (χ4v) is 4.38. The van der Waals surface area contributed by atoms with Crippen molar-refractivity contribution in [2.45, 2.75) is 24.6 Å². The summed E-state index contributed by atoms with van der Waals surface area (Å²) in [6.45, 7) is 0.405. The number of nitro groups is 1. The van der Waals surface area contributed by atoms with Crippen LogP contribution in [0, 0.1) is 10.1 Å². The van der Waals surface area contributed by atoms with Crippen LogP contribution in [0.25, 0.3) is 6.08 Å². The third-order valence-corrected chi connectivity index (χ3v) is 5.99. The molecule has 4 rings (SSSR count). The molecule has 0 saturated heterocycles. The van der Waals surface area contributed by atoms with E-state index in [4.69, 9.17) is 0 Å². The number of anilines is 1. The Morgan fingerprint density at radius 1 is 1.12 bits per heavy atom. The van der Waals surface area contributed by atoms with E-state index in [1.54, 1.807) is 30.0 Å². The molecule has 0 bridgehead atoms. The molecule has 1 aliphatic rings. The van der Waals surface area contributed by atoms with Crippen LogP contribution in [0.15, 0.2) is 60.7 Å². The Morgan fingerprint density at radius 3 is 2.61 bits per heavy atom. The molecule has 168 valence electrons. The zero-order chi connectivity index (χ0) is 23.2. The number of hydrogen-bond acceptors (Lipinski definition) is 6. The largest absolute Gasteiger partial charge is 0.350 e. The second-order valence-corrected chi connectivity index (χ2v) is 8.34. The van der Waals surface area contributed by atoms with Gasteiger partial charge in [-0.3, -0.25) is 19.7 Å². The minimum Gasteiger partial charge on any atom is -0.350 e. The Morgan fingerprint density at radius 2 is 1.88 bits per heavy atom. The monoisotopic (exact) mass is 463 g/mol. The summed E-state index contributed by atoms with van der Waals surface area (Å²) >= 11 is 1.70. The first-order valence-electron chi connectivity index (χ1n) is 10.2. The van der Waals surface area contributed by atoms with Gasteiger partial charge < -0.3 is 10.6 Å². The molecule has 0 spiro atoms. The Kier molecular flexibility index (Phi) is 6.84. The summed E-state index contributed by atoms with van der Waals surface area (Å²) in [5, 5.41) is 21.0. The summed E-state index contributed by atoms with van der Waals surface area (Å²) in [6.07, 6.45) is 2.92. The van der Waals surface area contributed by atoms with Crippen LogP contribution < -0.4 is 10.6 Å². The average molecular weight is 464 g/mol. The number of benzene rings is 2. The van der Waals surface area contributed by atoms with E-state index in [2.05, 4.69) is 15.7 Å². The normalized spacial score (nSPS) is 12.5. The van der Waals surface area contributed by atoms with E-state index >= 15 is 0 Å². The van der Waals surface area contributed by atoms with Crippen molar-refractivity contribution in [2.24, 2.45) is 0 Å². The van der Waals surface area contributed by atoms with Crippen LogP contribution in [0.2, 0.25) is 0 Å². The molecule has 1 aromatic heterocycles. The average Bonchev–Trinajstić information content (AvgIpc) is 3.40. The van der Waals surface area contributed by atoms with Crippen LogP contribution >= 0.6 is 11.8 Å². The first-order chi connectivity index (χ1) is 16.0. The maximum Gasteiger partial charge on any atom is 0.269 e. The Bertz CT molecular complexity index is 1210. The molecule has 0 unspecified atom stereocenters. The molecule has 9 nitrogen and oxygen atoms in total. The molecule has 0 fully saturated rings. The summed E-state index contributed by atoms with van der Waals surface area (Å²) in [5.74, 6) is 1.38. The molecule has 33 heavy (non-hydrogen) atoms. The van der Waals surface area contributed by atoms with Crippen molar-refractivity contribution in [1.82, 2.24) is 15.1 Å². The van der Waals surface area contributed by atoms with Crippen LogP contribution in [-0.2, 0) is 34.2 Å². The second kappa shape index (κ2) is 10.1. The van der Waals surface area contributed by atoms with Crippen LogP contribution in [0.5, 0.6) is 0 Å². The quantitative estimate of drug-likeness (QED) is 0.300. The van der Waals surface area contributed by atoms with Gasteiger partial charge in [0.15, 0.2) is 0 Å². The second-order valence-electron chi connectivity index (χ2n) is 7.36. The third-order valence-electron chi connectivity index (χ3n) is 5.02. The minimum atomic E-state index is -0.476. The fourth-order valence-electron chi connectivity index (χ4n) is 3.35. The highest BCUT2D eigenvalue weighted by molar-refractivity contribution is 7.98. The summed E-state index contributed by atoms with van der Waals surface area (Å²) in [5.41, 5.74) is 3.43. The number of thioether (sulfide) groups is 1. The lowest BCUT2D eigenvalue weighted by atomic mass is 10.2. The highest BCUT2D eigenvalue weighted by atomic mass is 32.2. The van der Waals surface area contributed by atoms with E-state index < -0.39 is 4.92 Å². The number of hydrogen-bond donors (Lipinski definition) is 2. The molecule has 0 radical (unpaired) electrons. The van der Waals surface area contributed by atoms with Crippen LogP contribution in [0.4, 0.5) is 11.5 Å². The zero-order valence-electron chi connectivity index (χ0n) is 17.6. The zero-order valence-corrected chi connectivity index (χ0v) is 18.4. The Hall–Kier alpha value is -3.92. The standard InChI is InChI=1S/C23H21N5O4S/c29-21(11-8-16-6-9-18(10-7-16)28(31)32)25-23-19-14-33-15-20(19)26-27(23)13-22(30)24-12-17-4-2-1-3-5-17/h1-11H,12-15H2,(H,24,30)(H,25,29)/b11-8-. The van der Waals surface area contributed by atoms with Gasteiger partial charge in [-0.2, -0.15) is 16.9 Å². The van der Waals surface area contributed by atoms with Gasteiger partial charge in [0.2, 0.25) is 11.8 Å². The van der Waals surface area contributed by atoms with Crippen molar-refractivity contribution in [3.05, 3.63) is 93.2 Å². The number of carbonyl (C=O) groups is 2. The third kappa shape index (κ3) is 5.66. The van der Waals surface area contributed by atoms with Gasteiger partial charge in [0, 0.05) is 41.8 Å². The molecule has 2 amide bonds. The number of nitro benzene ring substituents is 1. The highest BCUT2D eigenvalue weighted by Crippen LogP contribution is 2.34. The number of aromatic nitrogens is 2. The number of carbonyl (C=O) groups excluding carboxylic acids is 2. The summed E-state index contributed by atoms with van der Waals surface area (Å²) in [6, 6.07) is 15.5. The van der Waals surface area contributed by atoms with E-state index in [1.807, 2.05) is 30.3 Å². The highest BCUT2D eigenvalue weighted by Gasteiger charge is 2.24. The van der Waals surface area contributed by atoms with Crippen molar-refractivity contribution in [1.29, 1.82) is 0 Å². The molecular formula is C23H21N5O4S.